The normalized spacial score (nSPS) is 12.6. The Morgan fingerprint density at radius 3 is 2.63 bits per heavy atom. The summed E-state index contributed by atoms with van der Waals surface area (Å²) in [6, 6.07) is 13.6. The number of nitrogens with one attached hydrogen (secondary N) is 1. The van der Waals surface area contributed by atoms with E-state index in [1.54, 1.807) is 32.4 Å². The predicted octanol–water partition coefficient (Wildman–Crippen LogP) is 3.49. The van der Waals surface area contributed by atoms with Gasteiger partial charge in [0.15, 0.2) is 5.16 Å². The molecular formula is C21H23N5O3S. The summed E-state index contributed by atoms with van der Waals surface area (Å²) in [5.74, 6) is 2.09. The van der Waals surface area contributed by atoms with Gasteiger partial charge in [-0.1, -0.05) is 29.5 Å². The molecule has 0 spiro atoms. The quantitative estimate of drug-likeness (QED) is 0.580. The Kier molecular flexibility index (Phi) is 5.80. The molecule has 0 saturated carbocycles. The lowest BCUT2D eigenvalue weighted by molar-refractivity contribution is -0.113. The average Bonchev–Trinajstić information content (AvgIpc) is 3.35. The Hall–Kier alpha value is -3.20. The molecule has 0 atom stereocenters. The van der Waals surface area contributed by atoms with E-state index in [1.165, 1.54) is 17.3 Å². The van der Waals surface area contributed by atoms with Crippen LogP contribution in [0, 0.1) is 6.92 Å². The second-order valence-corrected chi connectivity index (χ2v) is 7.77. The highest BCUT2D eigenvalue weighted by Crippen LogP contribution is 2.33. The van der Waals surface area contributed by atoms with Gasteiger partial charge in [0.2, 0.25) is 11.9 Å². The van der Waals surface area contributed by atoms with Gasteiger partial charge in [-0.15, -0.1) is 10.2 Å². The molecule has 2 heterocycles. The first-order valence-electron chi connectivity index (χ1n) is 9.51. The van der Waals surface area contributed by atoms with Crippen molar-refractivity contribution in [2.24, 2.45) is 0 Å². The fourth-order valence-corrected chi connectivity index (χ4v) is 4.03. The maximum Gasteiger partial charge on any atom is 0.234 e. The second kappa shape index (κ2) is 8.66. The molecule has 0 radical (unpaired) electrons. The first-order valence-corrected chi connectivity index (χ1v) is 10.5. The number of thioether (sulfide) groups is 1. The zero-order valence-corrected chi connectivity index (χ0v) is 17.9. The SMILES string of the molecule is COc1ccc(NC(=O)CSc2nnc3n2CCN3c2ccc(C)cc2)c(OC)c1. The third-order valence-corrected chi connectivity index (χ3v) is 5.81. The summed E-state index contributed by atoms with van der Waals surface area (Å²) in [6.45, 7) is 3.68. The summed E-state index contributed by atoms with van der Waals surface area (Å²) < 4.78 is 12.6. The van der Waals surface area contributed by atoms with Gasteiger partial charge in [-0.3, -0.25) is 9.36 Å². The number of amides is 1. The minimum Gasteiger partial charge on any atom is -0.497 e. The number of hydrogen-bond donors (Lipinski definition) is 1. The lowest BCUT2D eigenvalue weighted by Gasteiger charge is -2.15. The molecule has 8 nitrogen and oxygen atoms in total. The Labute approximate surface area is 179 Å². The Bertz CT molecular complexity index is 1050. The van der Waals surface area contributed by atoms with Crippen LogP contribution in [0.4, 0.5) is 17.3 Å². The molecule has 0 saturated heterocycles. The summed E-state index contributed by atoms with van der Waals surface area (Å²) in [4.78, 5) is 14.6. The summed E-state index contributed by atoms with van der Waals surface area (Å²) in [5, 5.41) is 12.2. The zero-order chi connectivity index (χ0) is 21.1. The minimum absolute atomic E-state index is 0.144. The molecule has 9 heteroatoms. The molecule has 1 amide bonds. The molecule has 1 aromatic heterocycles. The number of ether oxygens (including phenoxy) is 2. The predicted molar refractivity (Wildman–Crippen MR) is 117 cm³/mol. The van der Waals surface area contributed by atoms with Gasteiger partial charge < -0.3 is 19.7 Å². The van der Waals surface area contributed by atoms with E-state index in [9.17, 15) is 4.79 Å². The van der Waals surface area contributed by atoms with E-state index in [-0.39, 0.29) is 11.7 Å². The molecule has 4 rings (SSSR count). The number of nitrogens with zero attached hydrogens (tertiary/aromatic N) is 4. The van der Waals surface area contributed by atoms with Gasteiger partial charge in [0, 0.05) is 24.8 Å². The van der Waals surface area contributed by atoms with Crippen LogP contribution < -0.4 is 19.7 Å². The standard InChI is InChI=1S/C21H23N5O3S/c1-14-4-6-15(7-5-14)25-10-11-26-20(25)23-24-21(26)30-13-19(27)22-17-9-8-16(28-2)12-18(17)29-3/h4-9,12H,10-11,13H2,1-3H3,(H,22,27). The largest absolute Gasteiger partial charge is 0.497 e. The van der Waals surface area contributed by atoms with Gasteiger partial charge in [0.25, 0.3) is 0 Å². The van der Waals surface area contributed by atoms with Gasteiger partial charge in [-0.25, -0.2) is 0 Å². The van der Waals surface area contributed by atoms with Crippen LogP contribution in [0.2, 0.25) is 0 Å². The number of hydrogen-bond acceptors (Lipinski definition) is 7. The molecular weight excluding hydrogens is 402 g/mol. The fourth-order valence-electron chi connectivity index (χ4n) is 3.27. The van der Waals surface area contributed by atoms with Crippen LogP contribution in [0.15, 0.2) is 47.6 Å². The molecule has 2 aromatic carbocycles. The molecule has 1 N–H and O–H groups in total. The van der Waals surface area contributed by atoms with Crippen molar-refractivity contribution < 1.29 is 14.3 Å². The van der Waals surface area contributed by atoms with E-state index in [0.717, 1.165) is 29.9 Å². The third-order valence-electron chi connectivity index (χ3n) is 4.85. The van der Waals surface area contributed by atoms with E-state index < -0.39 is 0 Å². The molecule has 0 bridgehead atoms. The Morgan fingerprint density at radius 1 is 1.10 bits per heavy atom. The zero-order valence-electron chi connectivity index (χ0n) is 17.1. The van der Waals surface area contributed by atoms with Crippen molar-refractivity contribution in [1.29, 1.82) is 0 Å². The van der Waals surface area contributed by atoms with Crippen LogP contribution >= 0.6 is 11.8 Å². The number of rotatable bonds is 7. The number of methoxy groups -OCH3 is 2. The molecule has 0 aliphatic carbocycles. The summed E-state index contributed by atoms with van der Waals surface area (Å²) in [5.41, 5.74) is 2.91. The number of benzene rings is 2. The van der Waals surface area contributed by atoms with E-state index in [4.69, 9.17) is 9.47 Å². The van der Waals surface area contributed by atoms with Crippen molar-refractivity contribution >= 4 is 35.0 Å². The van der Waals surface area contributed by atoms with Gasteiger partial charge in [0.05, 0.1) is 25.7 Å². The number of fused-ring (bicyclic) bond motifs is 1. The summed E-state index contributed by atoms with van der Waals surface area (Å²) in [6.07, 6.45) is 0. The third kappa shape index (κ3) is 4.06. The Morgan fingerprint density at radius 2 is 1.90 bits per heavy atom. The fraction of sp³-hybridized carbons (Fsp3) is 0.286. The van der Waals surface area contributed by atoms with Gasteiger partial charge >= 0.3 is 0 Å². The van der Waals surface area contributed by atoms with Crippen molar-refractivity contribution in [3.63, 3.8) is 0 Å². The Balaban J connectivity index is 1.40. The maximum atomic E-state index is 12.5. The number of carbonyl (C=O) groups excluding carboxylic acids is 1. The summed E-state index contributed by atoms with van der Waals surface area (Å²) in [7, 11) is 3.14. The van der Waals surface area contributed by atoms with Crippen LogP contribution in [-0.4, -0.2) is 47.2 Å². The van der Waals surface area contributed by atoms with Crippen LogP contribution in [0.25, 0.3) is 0 Å². The van der Waals surface area contributed by atoms with Crippen LogP contribution in [0.5, 0.6) is 11.5 Å². The van der Waals surface area contributed by atoms with Gasteiger partial charge in [-0.05, 0) is 31.2 Å². The molecule has 0 unspecified atom stereocenters. The molecule has 3 aromatic rings. The van der Waals surface area contributed by atoms with E-state index in [1.807, 2.05) is 4.57 Å². The summed E-state index contributed by atoms with van der Waals surface area (Å²) >= 11 is 1.37. The first-order chi connectivity index (χ1) is 14.6. The van der Waals surface area contributed by atoms with Crippen molar-refractivity contribution in [3.8, 4) is 11.5 Å². The van der Waals surface area contributed by atoms with E-state index in [0.29, 0.717) is 17.2 Å². The molecule has 30 heavy (non-hydrogen) atoms. The molecule has 1 aliphatic rings. The van der Waals surface area contributed by atoms with Crippen molar-refractivity contribution in [2.45, 2.75) is 18.6 Å². The number of aromatic nitrogens is 3. The minimum atomic E-state index is -0.144. The highest BCUT2D eigenvalue weighted by atomic mass is 32.2. The number of aryl methyl sites for hydroxylation is 1. The monoisotopic (exact) mass is 425 g/mol. The average molecular weight is 426 g/mol. The van der Waals surface area contributed by atoms with Crippen LogP contribution in [0.1, 0.15) is 5.56 Å². The van der Waals surface area contributed by atoms with Crippen molar-refractivity contribution in [3.05, 3.63) is 48.0 Å². The number of anilines is 3. The van der Waals surface area contributed by atoms with Crippen LogP contribution in [-0.2, 0) is 11.3 Å². The smallest absolute Gasteiger partial charge is 0.234 e. The lowest BCUT2D eigenvalue weighted by atomic mass is 10.2. The van der Waals surface area contributed by atoms with E-state index >= 15 is 0 Å². The van der Waals surface area contributed by atoms with Crippen molar-refractivity contribution in [1.82, 2.24) is 14.8 Å². The molecule has 156 valence electrons. The highest BCUT2D eigenvalue weighted by Gasteiger charge is 2.26. The van der Waals surface area contributed by atoms with Crippen LogP contribution in [0.3, 0.4) is 0 Å². The lowest BCUT2D eigenvalue weighted by Crippen LogP contribution is -2.15. The van der Waals surface area contributed by atoms with Crippen molar-refractivity contribution in [2.75, 3.05) is 36.7 Å². The topological polar surface area (TPSA) is 81.5 Å². The second-order valence-electron chi connectivity index (χ2n) is 6.82. The molecule has 0 fully saturated rings. The van der Waals surface area contributed by atoms with Gasteiger partial charge in [-0.2, -0.15) is 0 Å². The van der Waals surface area contributed by atoms with E-state index in [2.05, 4.69) is 51.6 Å². The van der Waals surface area contributed by atoms with Gasteiger partial charge in [0.1, 0.15) is 11.5 Å². The highest BCUT2D eigenvalue weighted by molar-refractivity contribution is 7.99. The molecule has 1 aliphatic heterocycles. The first kappa shape index (κ1) is 20.1. The maximum absolute atomic E-state index is 12.5. The number of carbonyl (C=O) groups is 1.